The van der Waals surface area contributed by atoms with Gasteiger partial charge in [-0.05, 0) is 68.6 Å². The molecule has 0 amide bonds. The molecule has 2 aliphatic rings. The van der Waals surface area contributed by atoms with E-state index in [-0.39, 0.29) is 0 Å². The highest BCUT2D eigenvalue weighted by Crippen LogP contribution is 2.22. The first-order valence-corrected chi connectivity index (χ1v) is 11.0. The summed E-state index contributed by atoms with van der Waals surface area (Å²) < 4.78 is 35.1. The topological polar surface area (TPSA) is 76.5 Å². The summed E-state index contributed by atoms with van der Waals surface area (Å²) in [6.45, 7) is 4.26. The first-order chi connectivity index (χ1) is 13.1. The van der Waals surface area contributed by atoms with Crippen molar-refractivity contribution >= 4 is 10.0 Å². The van der Waals surface area contributed by atoms with E-state index in [1.165, 1.54) is 0 Å². The molecule has 1 unspecified atom stereocenters. The quantitative estimate of drug-likeness (QED) is 0.812. The Labute approximate surface area is 160 Å². The van der Waals surface area contributed by atoms with E-state index < -0.39 is 10.0 Å². The lowest BCUT2D eigenvalue weighted by Crippen LogP contribution is -2.43. The molecule has 0 saturated carbocycles. The van der Waals surface area contributed by atoms with E-state index in [2.05, 4.69) is 14.7 Å². The number of rotatable bonds is 6. The molecule has 0 bridgehead atoms. The molecule has 0 spiro atoms. The molecular weight excluding hydrogens is 364 g/mol. The highest BCUT2D eigenvalue weighted by molar-refractivity contribution is 7.89. The van der Waals surface area contributed by atoms with E-state index >= 15 is 0 Å². The summed E-state index contributed by atoms with van der Waals surface area (Å²) in [4.78, 5) is 2.78. The molecule has 1 aromatic carbocycles. The molecule has 0 radical (unpaired) electrons. The molecule has 1 N–H and O–H groups in total. The molecule has 2 saturated heterocycles. The Kier molecular flexibility index (Phi) is 5.58. The minimum absolute atomic E-state index is 0.291. The first kappa shape index (κ1) is 18.6. The second kappa shape index (κ2) is 8.10. The minimum Gasteiger partial charge on any atom is -0.380 e. The molecule has 1 aromatic heterocycles. The van der Waals surface area contributed by atoms with Crippen molar-refractivity contribution in [1.82, 2.24) is 19.4 Å². The summed E-state index contributed by atoms with van der Waals surface area (Å²) in [5.41, 5.74) is 0.835. The fourth-order valence-corrected chi connectivity index (χ4v) is 4.96. The largest absolute Gasteiger partial charge is 0.380 e. The van der Waals surface area contributed by atoms with Crippen LogP contribution in [-0.2, 0) is 14.8 Å². The average Bonchev–Trinajstić information content (AvgIpc) is 3.41. The molecule has 8 heteroatoms. The van der Waals surface area contributed by atoms with Gasteiger partial charge < -0.3 is 4.74 Å². The van der Waals surface area contributed by atoms with Gasteiger partial charge in [0.05, 0.1) is 17.2 Å². The van der Waals surface area contributed by atoms with Gasteiger partial charge >= 0.3 is 0 Å². The van der Waals surface area contributed by atoms with Crippen LogP contribution in [0.5, 0.6) is 0 Å². The molecule has 27 heavy (non-hydrogen) atoms. The Hall–Kier alpha value is -1.74. The molecule has 1 atom stereocenters. The highest BCUT2D eigenvalue weighted by atomic mass is 32.2. The summed E-state index contributed by atoms with van der Waals surface area (Å²) >= 11 is 0. The normalized spacial score (nSPS) is 22.3. The number of piperidine rings is 1. The summed E-state index contributed by atoms with van der Waals surface area (Å²) in [6, 6.07) is 9.17. The van der Waals surface area contributed by atoms with E-state index in [1.807, 2.05) is 12.3 Å². The van der Waals surface area contributed by atoms with Crippen LogP contribution in [-0.4, -0.2) is 62.0 Å². The van der Waals surface area contributed by atoms with E-state index in [9.17, 15) is 8.42 Å². The number of ether oxygens (including phenoxy) is 1. The third-order valence-corrected chi connectivity index (χ3v) is 6.99. The molecule has 2 fully saturated rings. The molecule has 7 nitrogen and oxygen atoms in total. The van der Waals surface area contributed by atoms with Crippen LogP contribution in [0.2, 0.25) is 0 Å². The van der Waals surface area contributed by atoms with Crippen LogP contribution in [0.1, 0.15) is 19.3 Å². The summed E-state index contributed by atoms with van der Waals surface area (Å²) in [5.74, 6) is 0.390. The predicted octanol–water partition coefficient (Wildman–Crippen LogP) is 1.65. The van der Waals surface area contributed by atoms with Crippen LogP contribution in [0.25, 0.3) is 5.69 Å². The van der Waals surface area contributed by atoms with Crippen molar-refractivity contribution in [3.8, 4) is 5.69 Å². The lowest BCUT2D eigenvalue weighted by molar-refractivity contribution is 0.111. The van der Waals surface area contributed by atoms with E-state index in [4.69, 9.17) is 4.74 Å². The molecular formula is C19H26N4O3S. The summed E-state index contributed by atoms with van der Waals surface area (Å²) in [7, 11) is -3.49. The Balaban J connectivity index is 1.30. The highest BCUT2D eigenvalue weighted by Gasteiger charge is 2.28. The lowest BCUT2D eigenvalue weighted by atomic mass is 9.96. The van der Waals surface area contributed by atoms with Crippen LogP contribution in [0, 0.1) is 5.92 Å². The van der Waals surface area contributed by atoms with Gasteiger partial charge in [-0.25, -0.2) is 17.8 Å². The van der Waals surface area contributed by atoms with Gasteiger partial charge in [-0.2, -0.15) is 5.10 Å². The number of nitrogens with zero attached hydrogens (tertiary/aromatic N) is 3. The number of sulfonamides is 1. The molecule has 146 valence electrons. The van der Waals surface area contributed by atoms with E-state index in [0.717, 1.165) is 51.3 Å². The predicted molar refractivity (Wildman–Crippen MR) is 102 cm³/mol. The zero-order chi connectivity index (χ0) is 18.7. The van der Waals surface area contributed by atoms with Crippen LogP contribution < -0.4 is 4.72 Å². The van der Waals surface area contributed by atoms with Crippen molar-refractivity contribution in [3.63, 3.8) is 0 Å². The van der Waals surface area contributed by atoms with Gasteiger partial charge in [0.1, 0.15) is 0 Å². The second-order valence-corrected chi connectivity index (χ2v) is 9.06. The van der Waals surface area contributed by atoms with Crippen molar-refractivity contribution in [2.75, 3.05) is 32.8 Å². The van der Waals surface area contributed by atoms with Crippen molar-refractivity contribution in [2.24, 2.45) is 5.92 Å². The zero-order valence-corrected chi connectivity index (χ0v) is 16.1. The zero-order valence-electron chi connectivity index (χ0n) is 15.3. The van der Waals surface area contributed by atoms with Gasteiger partial charge in [-0.3, -0.25) is 4.90 Å². The van der Waals surface area contributed by atoms with Gasteiger partial charge in [0.2, 0.25) is 10.0 Å². The molecule has 0 aliphatic carbocycles. The van der Waals surface area contributed by atoms with Crippen molar-refractivity contribution in [3.05, 3.63) is 42.7 Å². The molecule has 2 aliphatic heterocycles. The third-order valence-electron chi connectivity index (χ3n) is 5.55. The molecule has 4 rings (SSSR count). The number of likely N-dealkylation sites (tertiary alicyclic amines) is 1. The fourth-order valence-electron chi connectivity index (χ4n) is 3.84. The Morgan fingerprint density at radius 1 is 1.15 bits per heavy atom. The second-order valence-electron chi connectivity index (χ2n) is 7.29. The monoisotopic (exact) mass is 390 g/mol. The number of hydrogen-bond donors (Lipinski definition) is 1. The van der Waals surface area contributed by atoms with E-state index in [1.54, 1.807) is 35.1 Å². The average molecular weight is 391 g/mol. The van der Waals surface area contributed by atoms with Gasteiger partial charge in [-0.1, -0.05) is 0 Å². The number of hydrogen-bond acceptors (Lipinski definition) is 5. The smallest absolute Gasteiger partial charge is 0.240 e. The van der Waals surface area contributed by atoms with Crippen LogP contribution in [0.15, 0.2) is 47.6 Å². The van der Waals surface area contributed by atoms with Gasteiger partial charge in [0, 0.05) is 31.6 Å². The van der Waals surface area contributed by atoms with Crippen LogP contribution >= 0.6 is 0 Å². The van der Waals surface area contributed by atoms with Crippen molar-refractivity contribution in [2.45, 2.75) is 30.2 Å². The Morgan fingerprint density at radius 2 is 1.93 bits per heavy atom. The van der Waals surface area contributed by atoms with Crippen LogP contribution in [0.3, 0.4) is 0 Å². The standard InChI is InChI=1S/C19H26N4O3S/c24-27(25,19-4-2-17(3-5-19)23-10-1-9-20-23)21-14-16-6-11-22(12-7-16)18-8-13-26-15-18/h1-5,9-10,16,18,21H,6-8,11-15H2. The summed E-state index contributed by atoms with van der Waals surface area (Å²) in [5, 5.41) is 4.15. The lowest BCUT2D eigenvalue weighted by Gasteiger charge is -2.35. The van der Waals surface area contributed by atoms with Crippen molar-refractivity contribution in [1.29, 1.82) is 0 Å². The number of nitrogens with one attached hydrogen (secondary N) is 1. The van der Waals surface area contributed by atoms with Crippen molar-refractivity contribution < 1.29 is 13.2 Å². The number of benzene rings is 1. The van der Waals surface area contributed by atoms with Crippen LogP contribution in [0.4, 0.5) is 0 Å². The third kappa shape index (κ3) is 4.40. The first-order valence-electron chi connectivity index (χ1n) is 9.53. The van der Waals surface area contributed by atoms with Gasteiger partial charge in [0.15, 0.2) is 0 Å². The van der Waals surface area contributed by atoms with Gasteiger partial charge in [-0.15, -0.1) is 0 Å². The van der Waals surface area contributed by atoms with Gasteiger partial charge in [0.25, 0.3) is 0 Å². The maximum atomic E-state index is 12.6. The summed E-state index contributed by atoms with van der Waals surface area (Å²) in [6.07, 6.45) is 6.68. The SMILES string of the molecule is O=S(=O)(NCC1CCN(C2CCOC2)CC1)c1ccc(-n2cccn2)cc1. The maximum Gasteiger partial charge on any atom is 0.240 e. The Morgan fingerprint density at radius 3 is 2.56 bits per heavy atom. The fraction of sp³-hybridized carbons (Fsp3) is 0.526. The maximum absolute atomic E-state index is 12.6. The van der Waals surface area contributed by atoms with E-state index in [0.29, 0.717) is 23.4 Å². The minimum atomic E-state index is -3.49. The number of aromatic nitrogens is 2. The Bertz CT molecular complexity index is 822. The molecule has 2 aromatic rings. The molecule has 3 heterocycles.